The lowest BCUT2D eigenvalue weighted by Crippen LogP contribution is -2.25. The number of H-pyrrole nitrogens is 1. The Kier molecular flexibility index (Phi) is 5.83. The SMILES string of the molecule is N#Cc1ccc(Cc2cccc(C(=O)NCCc3c[nH]c4ccc(Cl)cc34)c2)cc1. The topological polar surface area (TPSA) is 68.7 Å². The number of nitrogens with one attached hydrogen (secondary N) is 2. The molecular formula is C25H20ClN3O. The van der Waals surface area contributed by atoms with Crippen molar-refractivity contribution in [3.05, 3.63) is 106 Å². The van der Waals surface area contributed by atoms with Gasteiger partial charge in [0.15, 0.2) is 0 Å². The maximum absolute atomic E-state index is 12.6. The Morgan fingerprint density at radius 1 is 1.03 bits per heavy atom. The molecule has 0 saturated carbocycles. The number of rotatable bonds is 6. The largest absolute Gasteiger partial charge is 0.361 e. The summed E-state index contributed by atoms with van der Waals surface area (Å²) in [6.07, 6.45) is 3.39. The Labute approximate surface area is 180 Å². The van der Waals surface area contributed by atoms with Crippen LogP contribution in [-0.4, -0.2) is 17.4 Å². The van der Waals surface area contributed by atoms with Gasteiger partial charge in [-0.3, -0.25) is 4.79 Å². The van der Waals surface area contributed by atoms with Crippen molar-refractivity contribution in [3.63, 3.8) is 0 Å². The number of aromatic amines is 1. The van der Waals surface area contributed by atoms with Crippen LogP contribution in [0.2, 0.25) is 5.02 Å². The summed E-state index contributed by atoms with van der Waals surface area (Å²) in [7, 11) is 0. The zero-order chi connectivity index (χ0) is 20.9. The Hall–Kier alpha value is -3.55. The van der Waals surface area contributed by atoms with E-state index in [0.717, 1.165) is 34.0 Å². The summed E-state index contributed by atoms with van der Waals surface area (Å²) in [6.45, 7) is 0.540. The molecule has 4 aromatic rings. The summed E-state index contributed by atoms with van der Waals surface area (Å²) in [4.78, 5) is 15.8. The molecule has 0 aliphatic heterocycles. The maximum Gasteiger partial charge on any atom is 0.251 e. The lowest BCUT2D eigenvalue weighted by molar-refractivity contribution is 0.0954. The first-order chi connectivity index (χ1) is 14.6. The van der Waals surface area contributed by atoms with Gasteiger partial charge < -0.3 is 10.3 Å². The Morgan fingerprint density at radius 3 is 2.67 bits per heavy atom. The number of hydrogen-bond donors (Lipinski definition) is 2. The fraction of sp³-hybridized carbons (Fsp3) is 0.120. The van der Waals surface area contributed by atoms with Crippen LogP contribution < -0.4 is 5.32 Å². The minimum atomic E-state index is -0.0884. The first-order valence-electron chi connectivity index (χ1n) is 9.74. The molecule has 0 unspecified atom stereocenters. The van der Waals surface area contributed by atoms with Crippen molar-refractivity contribution >= 4 is 28.4 Å². The van der Waals surface area contributed by atoms with E-state index in [1.165, 1.54) is 0 Å². The highest BCUT2D eigenvalue weighted by atomic mass is 35.5. The number of fused-ring (bicyclic) bond motifs is 1. The van der Waals surface area contributed by atoms with Crippen LogP contribution in [0.5, 0.6) is 0 Å². The normalized spacial score (nSPS) is 10.7. The molecule has 0 saturated heterocycles. The third-order valence-electron chi connectivity index (χ3n) is 5.09. The Balaban J connectivity index is 1.38. The van der Waals surface area contributed by atoms with Gasteiger partial charge in [0.05, 0.1) is 11.6 Å². The fourth-order valence-electron chi connectivity index (χ4n) is 3.53. The van der Waals surface area contributed by atoms with E-state index < -0.39 is 0 Å². The quantitative estimate of drug-likeness (QED) is 0.453. The molecule has 5 heteroatoms. The molecule has 1 amide bonds. The van der Waals surface area contributed by atoms with E-state index >= 15 is 0 Å². The van der Waals surface area contributed by atoms with Crippen molar-refractivity contribution in [3.8, 4) is 6.07 Å². The number of benzene rings is 3. The van der Waals surface area contributed by atoms with Crippen molar-refractivity contribution < 1.29 is 4.79 Å². The zero-order valence-electron chi connectivity index (χ0n) is 16.3. The standard InChI is InChI=1S/C25H20ClN3O/c26-22-8-9-24-23(14-22)21(16-29-24)10-11-28-25(30)20-3-1-2-19(13-20)12-17-4-6-18(15-27)7-5-17/h1-9,13-14,16,29H,10-12H2,(H,28,30). The van der Waals surface area contributed by atoms with E-state index in [9.17, 15) is 4.79 Å². The number of halogens is 1. The molecule has 0 bridgehead atoms. The molecule has 0 aliphatic rings. The molecule has 4 rings (SSSR count). The second-order valence-corrected chi connectivity index (χ2v) is 7.63. The first-order valence-corrected chi connectivity index (χ1v) is 10.1. The van der Waals surface area contributed by atoms with Crippen LogP contribution in [0.15, 0.2) is 72.9 Å². The van der Waals surface area contributed by atoms with Gasteiger partial charge in [0.25, 0.3) is 5.91 Å². The maximum atomic E-state index is 12.6. The van der Waals surface area contributed by atoms with E-state index in [4.69, 9.17) is 16.9 Å². The molecule has 1 heterocycles. The van der Waals surface area contributed by atoms with Crippen molar-refractivity contribution in [1.82, 2.24) is 10.3 Å². The summed E-state index contributed by atoms with van der Waals surface area (Å²) in [6, 6.07) is 23.0. The predicted molar refractivity (Wildman–Crippen MR) is 120 cm³/mol. The number of carbonyl (C=O) groups is 1. The molecule has 0 atom stereocenters. The molecule has 0 fully saturated rings. The molecule has 1 aromatic heterocycles. The van der Waals surface area contributed by atoms with Gasteiger partial charge in [0.1, 0.15) is 0 Å². The van der Waals surface area contributed by atoms with E-state index in [2.05, 4.69) is 16.4 Å². The third-order valence-corrected chi connectivity index (χ3v) is 5.32. The van der Waals surface area contributed by atoms with Gasteiger partial charge >= 0.3 is 0 Å². The molecule has 4 nitrogen and oxygen atoms in total. The van der Waals surface area contributed by atoms with Gasteiger partial charge in [0, 0.05) is 34.2 Å². The Bertz CT molecular complexity index is 1240. The van der Waals surface area contributed by atoms with Crippen molar-refractivity contribution in [2.24, 2.45) is 0 Å². The average molecular weight is 414 g/mol. The summed E-state index contributed by atoms with van der Waals surface area (Å²) in [5, 5.41) is 13.7. The molecule has 3 aromatic carbocycles. The number of amides is 1. The first kappa shape index (κ1) is 19.8. The average Bonchev–Trinajstić information content (AvgIpc) is 3.16. The van der Waals surface area contributed by atoms with Crippen LogP contribution in [0.25, 0.3) is 10.9 Å². The molecular weight excluding hydrogens is 394 g/mol. The summed E-state index contributed by atoms with van der Waals surface area (Å²) in [5.74, 6) is -0.0884. The number of carbonyl (C=O) groups excluding carboxylic acids is 1. The number of hydrogen-bond acceptors (Lipinski definition) is 2. The van der Waals surface area contributed by atoms with Gasteiger partial charge in [-0.1, -0.05) is 35.9 Å². The number of aromatic nitrogens is 1. The third kappa shape index (κ3) is 4.53. The van der Waals surface area contributed by atoms with E-state index in [0.29, 0.717) is 29.1 Å². The minimum Gasteiger partial charge on any atom is -0.361 e. The fourth-order valence-corrected chi connectivity index (χ4v) is 3.70. The van der Waals surface area contributed by atoms with Crippen LogP contribution in [-0.2, 0) is 12.8 Å². The van der Waals surface area contributed by atoms with Gasteiger partial charge in [0.2, 0.25) is 0 Å². The summed E-state index contributed by atoms with van der Waals surface area (Å²) >= 11 is 6.10. The lowest BCUT2D eigenvalue weighted by atomic mass is 10.0. The predicted octanol–water partition coefficient (Wildman–Crippen LogP) is 5.26. The van der Waals surface area contributed by atoms with Gasteiger partial charge in [-0.2, -0.15) is 5.26 Å². The molecule has 0 spiro atoms. The van der Waals surface area contributed by atoms with Gasteiger partial charge in [-0.25, -0.2) is 0 Å². The van der Waals surface area contributed by atoms with Gasteiger partial charge in [-0.05, 0) is 72.0 Å². The van der Waals surface area contributed by atoms with Crippen LogP contribution in [0.3, 0.4) is 0 Å². The van der Waals surface area contributed by atoms with Crippen molar-refractivity contribution in [2.45, 2.75) is 12.8 Å². The summed E-state index contributed by atoms with van der Waals surface area (Å²) < 4.78 is 0. The van der Waals surface area contributed by atoms with E-state index in [-0.39, 0.29) is 5.91 Å². The lowest BCUT2D eigenvalue weighted by Gasteiger charge is -2.08. The molecule has 30 heavy (non-hydrogen) atoms. The number of nitrogens with zero attached hydrogens (tertiary/aromatic N) is 1. The zero-order valence-corrected chi connectivity index (χ0v) is 17.0. The molecule has 0 radical (unpaired) electrons. The van der Waals surface area contributed by atoms with E-state index in [1.807, 2.05) is 72.9 Å². The van der Waals surface area contributed by atoms with Crippen LogP contribution in [0.1, 0.15) is 32.6 Å². The van der Waals surface area contributed by atoms with E-state index in [1.54, 1.807) is 0 Å². The monoisotopic (exact) mass is 413 g/mol. The highest BCUT2D eigenvalue weighted by Crippen LogP contribution is 2.22. The van der Waals surface area contributed by atoms with Crippen molar-refractivity contribution in [1.29, 1.82) is 5.26 Å². The molecule has 2 N–H and O–H groups in total. The van der Waals surface area contributed by atoms with Crippen LogP contribution in [0, 0.1) is 11.3 Å². The highest BCUT2D eigenvalue weighted by Gasteiger charge is 2.08. The minimum absolute atomic E-state index is 0.0884. The second kappa shape index (κ2) is 8.86. The summed E-state index contributed by atoms with van der Waals surface area (Å²) in [5.41, 5.74) is 5.61. The second-order valence-electron chi connectivity index (χ2n) is 7.20. The number of nitriles is 1. The smallest absolute Gasteiger partial charge is 0.251 e. The molecule has 0 aliphatic carbocycles. The Morgan fingerprint density at radius 2 is 1.87 bits per heavy atom. The van der Waals surface area contributed by atoms with Crippen molar-refractivity contribution in [2.75, 3.05) is 6.54 Å². The highest BCUT2D eigenvalue weighted by molar-refractivity contribution is 6.31. The van der Waals surface area contributed by atoms with Gasteiger partial charge in [-0.15, -0.1) is 0 Å². The molecule has 148 valence electrons. The van der Waals surface area contributed by atoms with Crippen LogP contribution >= 0.6 is 11.6 Å². The van der Waals surface area contributed by atoms with Crippen LogP contribution in [0.4, 0.5) is 0 Å².